The van der Waals surface area contributed by atoms with E-state index in [9.17, 15) is 14.9 Å². The molecule has 1 heterocycles. The number of carbonyl (C=O) groups is 1. The maximum atomic E-state index is 13.3. The third-order valence-corrected chi connectivity index (χ3v) is 5.57. The van der Waals surface area contributed by atoms with Crippen LogP contribution in [0, 0.1) is 10.1 Å². The maximum absolute atomic E-state index is 13.3. The Hall–Kier alpha value is -2.55. The summed E-state index contributed by atoms with van der Waals surface area (Å²) < 4.78 is 0.862. The second kappa shape index (κ2) is 8.64. The molecule has 0 aliphatic heterocycles. The van der Waals surface area contributed by atoms with Crippen LogP contribution in [0.25, 0.3) is 10.2 Å². The van der Waals surface area contributed by atoms with Crippen molar-refractivity contribution in [3.05, 3.63) is 63.2 Å². The van der Waals surface area contributed by atoms with E-state index in [0.717, 1.165) is 17.7 Å². The highest BCUT2D eigenvalue weighted by atomic mass is 35.5. The first-order valence-corrected chi connectivity index (χ1v) is 9.97. The molecule has 0 unspecified atom stereocenters. The number of hydrogen-bond acceptors (Lipinski definition) is 5. The lowest BCUT2D eigenvalue weighted by molar-refractivity contribution is -0.858. The molecule has 0 fully saturated rings. The average molecular weight is 420 g/mol. The minimum atomic E-state index is -0.537. The number of nitro benzene ring substituents is 1. The molecule has 3 rings (SSSR count). The number of fused-ring (bicyclic) bond motifs is 1. The molecule has 2 aromatic carbocycles. The minimum absolute atomic E-state index is 0.0510. The van der Waals surface area contributed by atoms with E-state index in [2.05, 4.69) is 4.98 Å². The van der Waals surface area contributed by atoms with Crippen molar-refractivity contribution in [3.8, 4) is 0 Å². The third kappa shape index (κ3) is 4.30. The van der Waals surface area contributed by atoms with Crippen molar-refractivity contribution in [2.45, 2.75) is 6.42 Å². The zero-order valence-corrected chi connectivity index (χ0v) is 17.1. The minimum Gasteiger partial charge on any atom is -0.340 e. The second-order valence-electron chi connectivity index (χ2n) is 6.62. The van der Waals surface area contributed by atoms with E-state index >= 15 is 0 Å². The van der Waals surface area contributed by atoms with E-state index in [0.29, 0.717) is 22.2 Å². The van der Waals surface area contributed by atoms with Gasteiger partial charge in [0.05, 0.1) is 35.3 Å². The van der Waals surface area contributed by atoms with Crippen LogP contribution < -0.4 is 9.80 Å². The van der Waals surface area contributed by atoms with Crippen molar-refractivity contribution in [3.63, 3.8) is 0 Å². The molecule has 9 heteroatoms. The molecule has 0 saturated carbocycles. The van der Waals surface area contributed by atoms with Gasteiger partial charge in [0.2, 0.25) is 0 Å². The molecule has 7 nitrogen and oxygen atoms in total. The van der Waals surface area contributed by atoms with Crippen molar-refractivity contribution in [1.29, 1.82) is 0 Å². The van der Waals surface area contributed by atoms with Crippen molar-refractivity contribution >= 4 is 49.9 Å². The second-order valence-corrected chi connectivity index (χ2v) is 8.04. The Morgan fingerprint density at radius 3 is 2.68 bits per heavy atom. The number of amides is 1. The molecule has 0 radical (unpaired) electrons. The van der Waals surface area contributed by atoms with Crippen molar-refractivity contribution in [2.75, 3.05) is 32.1 Å². The standard InChI is InChI=1S/C19H19ClN4O3S/c1-22(2)11-6-12-23(18(25)13-7-3-4-9-15(13)24(26)27)19-21-17-14(20)8-5-10-16(17)28-19/h3-5,7-10H,6,11-12H2,1-2H3/p+1. The number of carbonyl (C=O) groups excluding carboxylic acids is 1. The fourth-order valence-electron chi connectivity index (χ4n) is 2.85. The molecule has 0 aliphatic carbocycles. The Morgan fingerprint density at radius 1 is 1.25 bits per heavy atom. The van der Waals surface area contributed by atoms with Crippen LogP contribution in [0.1, 0.15) is 16.8 Å². The van der Waals surface area contributed by atoms with Gasteiger partial charge in [0.15, 0.2) is 5.13 Å². The van der Waals surface area contributed by atoms with Gasteiger partial charge < -0.3 is 4.90 Å². The van der Waals surface area contributed by atoms with Crippen molar-refractivity contribution < 1.29 is 14.6 Å². The summed E-state index contributed by atoms with van der Waals surface area (Å²) in [7, 11) is 4.07. The summed E-state index contributed by atoms with van der Waals surface area (Å²) in [5, 5.41) is 12.4. The molecule has 3 aromatic rings. The summed E-state index contributed by atoms with van der Waals surface area (Å²) >= 11 is 7.58. The summed E-state index contributed by atoms with van der Waals surface area (Å²) in [5.41, 5.74) is 0.465. The number of anilines is 1. The van der Waals surface area contributed by atoms with Crippen LogP contribution in [0.5, 0.6) is 0 Å². The molecule has 146 valence electrons. The van der Waals surface area contributed by atoms with Crippen LogP contribution in [0.15, 0.2) is 42.5 Å². The largest absolute Gasteiger partial charge is 0.340 e. The molecule has 0 bridgehead atoms. The van der Waals surface area contributed by atoms with Crippen LogP contribution in [0.2, 0.25) is 5.02 Å². The van der Waals surface area contributed by atoms with E-state index in [1.807, 2.05) is 26.2 Å². The van der Waals surface area contributed by atoms with Crippen LogP contribution in [-0.4, -0.2) is 43.0 Å². The molecular weight excluding hydrogens is 400 g/mol. The van der Waals surface area contributed by atoms with E-state index in [4.69, 9.17) is 11.6 Å². The molecule has 1 N–H and O–H groups in total. The quantitative estimate of drug-likeness (QED) is 0.471. The Morgan fingerprint density at radius 2 is 2.00 bits per heavy atom. The summed E-state index contributed by atoms with van der Waals surface area (Å²) in [6, 6.07) is 11.5. The Bertz CT molecular complexity index is 1020. The topological polar surface area (TPSA) is 80.8 Å². The van der Waals surface area contributed by atoms with Crippen LogP contribution in [0.4, 0.5) is 10.8 Å². The average Bonchev–Trinajstić information content (AvgIpc) is 3.10. The first kappa shape index (κ1) is 20.2. The Balaban J connectivity index is 2.02. The third-order valence-electron chi connectivity index (χ3n) is 4.22. The number of para-hydroxylation sites is 2. The number of nitrogens with zero attached hydrogens (tertiary/aromatic N) is 3. The van der Waals surface area contributed by atoms with Crippen molar-refractivity contribution in [2.24, 2.45) is 0 Å². The number of rotatable bonds is 7. The lowest BCUT2D eigenvalue weighted by Crippen LogP contribution is -3.05. The zero-order chi connectivity index (χ0) is 20.3. The molecular formula is C19H20ClN4O3S+. The number of quaternary nitrogens is 1. The van der Waals surface area contributed by atoms with E-state index < -0.39 is 10.8 Å². The molecule has 0 aliphatic rings. The summed E-state index contributed by atoms with van der Waals surface area (Å²) in [4.78, 5) is 31.4. The van der Waals surface area contributed by atoms with Crippen LogP contribution in [-0.2, 0) is 0 Å². The number of nitrogens with one attached hydrogen (secondary N) is 1. The van der Waals surface area contributed by atoms with Crippen LogP contribution >= 0.6 is 22.9 Å². The summed E-state index contributed by atoms with van der Waals surface area (Å²) in [6.45, 7) is 1.26. The highest BCUT2D eigenvalue weighted by Crippen LogP contribution is 2.34. The fourth-order valence-corrected chi connectivity index (χ4v) is 4.14. The predicted molar refractivity (Wildman–Crippen MR) is 112 cm³/mol. The molecule has 0 saturated heterocycles. The SMILES string of the molecule is C[NH+](C)CCCN(C(=O)c1ccccc1[N+](=O)[O-])c1nc2c(Cl)cccc2s1. The molecule has 28 heavy (non-hydrogen) atoms. The lowest BCUT2D eigenvalue weighted by Gasteiger charge is -2.20. The highest BCUT2D eigenvalue weighted by Gasteiger charge is 2.27. The number of nitro groups is 1. The summed E-state index contributed by atoms with van der Waals surface area (Å²) in [5.74, 6) is -0.434. The van der Waals surface area contributed by atoms with E-state index in [1.165, 1.54) is 33.3 Å². The summed E-state index contributed by atoms with van der Waals surface area (Å²) in [6.07, 6.45) is 0.734. The monoisotopic (exact) mass is 419 g/mol. The number of halogens is 1. The van der Waals surface area contributed by atoms with Gasteiger partial charge in [-0.05, 0) is 18.2 Å². The van der Waals surface area contributed by atoms with E-state index in [-0.39, 0.29) is 11.3 Å². The van der Waals surface area contributed by atoms with Gasteiger partial charge in [0, 0.05) is 19.0 Å². The highest BCUT2D eigenvalue weighted by molar-refractivity contribution is 7.22. The number of hydrogen-bond donors (Lipinski definition) is 1. The lowest BCUT2D eigenvalue weighted by atomic mass is 10.1. The zero-order valence-electron chi connectivity index (χ0n) is 15.5. The maximum Gasteiger partial charge on any atom is 0.282 e. The Labute approximate surface area is 171 Å². The molecule has 1 aromatic heterocycles. The van der Waals surface area contributed by atoms with Crippen molar-refractivity contribution in [1.82, 2.24) is 4.98 Å². The van der Waals surface area contributed by atoms with Gasteiger partial charge in [-0.2, -0.15) is 0 Å². The molecule has 1 amide bonds. The smallest absolute Gasteiger partial charge is 0.282 e. The number of benzene rings is 2. The van der Waals surface area contributed by atoms with Gasteiger partial charge in [-0.15, -0.1) is 0 Å². The van der Waals surface area contributed by atoms with Crippen LogP contribution in [0.3, 0.4) is 0 Å². The molecule has 0 spiro atoms. The van der Waals surface area contributed by atoms with Gasteiger partial charge >= 0.3 is 0 Å². The van der Waals surface area contributed by atoms with Gasteiger partial charge in [-0.25, -0.2) is 4.98 Å². The molecule has 0 atom stereocenters. The Kier molecular flexibility index (Phi) is 6.23. The predicted octanol–water partition coefficient (Wildman–Crippen LogP) is 3.04. The van der Waals surface area contributed by atoms with Gasteiger partial charge in [-0.3, -0.25) is 19.8 Å². The number of thiazole rings is 1. The first-order valence-electron chi connectivity index (χ1n) is 8.78. The normalized spacial score (nSPS) is 11.1. The fraction of sp³-hybridized carbons (Fsp3) is 0.263. The number of aromatic nitrogens is 1. The van der Waals surface area contributed by atoms with E-state index in [1.54, 1.807) is 18.2 Å². The van der Waals surface area contributed by atoms with Gasteiger partial charge in [0.25, 0.3) is 11.6 Å². The van der Waals surface area contributed by atoms with Gasteiger partial charge in [0.1, 0.15) is 11.1 Å². The van der Waals surface area contributed by atoms with Gasteiger partial charge in [-0.1, -0.05) is 41.1 Å². The first-order chi connectivity index (χ1) is 13.4.